The number of carbonyl (C=O) groups excluding carboxylic acids is 1. The van der Waals surface area contributed by atoms with Gasteiger partial charge < -0.3 is 24.4 Å². The summed E-state index contributed by atoms with van der Waals surface area (Å²) < 4.78 is 15.6. The number of carbonyl (C=O) groups is 1. The number of esters is 1. The van der Waals surface area contributed by atoms with Gasteiger partial charge >= 0.3 is 5.97 Å². The summed E-state index contributed by atoms with van der Waals surface area (Å²) in [6.45, 7) is 1.99. The molecule has 122 valence electrons. The third kappa shape index (κ3) is 3.11. The molecule has 1 aromatic carbocycles. The number of aromatic hydroxyl groups is 1. The highest BCUT2D eigenvalue weighted by atomic mass is 16.5. The Morgan fingerprint density at radius 3 is 2.73 bits per heavy atom. The Bertz CT molecular complexity index is 554. The lowest BCUT2D eigenvalue weighted by Gasteiger charge is -2.27. The minimum Gasteiger partial charge on any atom is -0.504 e. The second-order valence-corrected chi connectivity index (χ2v) is 5.40. The highest BCUT2D eigenvalue weighted by Gasteiger charge is 2.33. The second kappa shape index (κ2) is 6.87. The molecule has 6 heteroatoms. The van der Waals surface area contributed by atoms with Crippen LogP contribution in [-0.4, -0.2) is 42.6 Å². The second-order valence-electron chi connectivity index (χ2n) is 5.40. The zero-order valence-corrected chi connectivity index (χ0v) is 13.1. The van der Waals surface area contributed by atoms with E-state index in [0.29, 0.717) is 30.6 Å². The number of phenols is 1. The fourth-order valence-corrected chi connectivity index (χ4v) is 2.80. The largest absolute Gasteiger partial charge is 0.504 e. The van der Waals surface area contributed by atoms with Crippen LogP contribution in [0.5, 0.6) is 17.2 Å². The van der Waals surface area contributed by atoms with Gasteiger partial charge in [0.25, 0.3) is 0 Å². The summed E-state index contributed by atoms with van der Waals surface area (Å²) in [5.41, 5.74) is 0.749. The Labute approximate surface area is 129 Å². The van der Waals surface area contributed by atoms with E-state index in [0.717, 1.165) is 6.42 Å². The number of ether oxygens (including phenoxy) is 3. The molecule has 1 heterocycles. The lowest BCUT2D eigenvalue weighted by atomic mass is 9.93. The van der Waals surface area contributed by atoms with Crippen molar-refractivity contribution in [3.8, 4) is 17.2 Å². The molecule has 2 rings (SSSR count). The van der Waals surface area contributed by atoms with Gasteiger partial charge in [-0.15, -0.1) is 0 Å². The molecule has 0 saturated carbocycles. The van der Waals surface area contributed by atoms with Crippen molar-refractivity contribution in [2.75, 3.05) is 14.2 Å². The molecule has 0 saturated heterocycles. The molecule has 0 aromatic heterocycles. The maximum Gasteiger partial charge on any atom is 0.342 e. The standard InChI is InChI=1S/C16H22O6/c1-4-5-10(17)8-11-6-9-7-12(20-2)15(21-3)14(18)13(9)16(19)22-11/h7,10-11,17-18H,4-6,8H2,1-3H3/t10-,11?/m0/s1. The number of methoxy groups -OCH3 is 2. The maximum absolute atomic E-state index is 12.2. The highest BCUT2D eigenvalue weighted by Crippen LogP contribution is 2.43. The first-order valence-electron chi connectivity index (χ1n) is 7.37. The number of aliphatic hydroxyl groups is 1. The van der Waals surface area contributed by atoms with E-state index in [4.69, 9.17) is 14.2 Å². The van der Waals surface area contributed by atoms with Crippen molar-refractivity contribution in [1.82, 2.24) is 0 Å². The van der Waals surface area contributed by atoms with Gasteiger partial charge in [0.05, 0.1) is 20.3 Å². The van der Waals surface area contributed by atoms with Crippen LogP contribution in [0.15, 0.2) is 6.07 Å². The summed E-state index contributed by atoms with van der Waals surface area (Å²) in [4.78, 5) is 12.2. The van der Waals surface area contributed by atoms with Crippen LogP contribution in [0, 0.1) is 0 Å². The van der Waals surface area contributed by atoms with Crippen LogP contribution in [0.25, 0.3) is 0 Å². The van der Waals surface area contributed by atoms with Gasteiger partial charge in [-0.25, -0.2) is 4.79 Å². The number of aliphatic hydroxyl groups excluding tert-OH is 1. The fraction of sp³-hybridized carbons (Fsp3) is 0.562. The fourth-order valence-electron chi connectivity index (χ4n) is 2.80. The molecule has 2 N–H and O–H groups in total. The van der Waals surface area contributed by atoms with E-state index in [1.807, 2.05) is 6.92 Å². The van der Waals surface area contributed by atoms with E-state index >= 15 is 0 Å². The number of hydrogen-bond acceptors (Lipinski definition) is 6. The van der Waals surface area contributed by atoms with Crippen molar-refractivity contribution in [3.63, 3.8) is 0 Å². The number of phenolic OH excluding ortho intramolecular Hbond substituents is 1. The first-order valence-corrected chi connectivity index (χ1v) is 7.37. The third-order valence-corrected chi connectivity index (χ3v) is 3.81. The van der Waals surface area contributed by atoms with E-state index < -0.39 is 18.2 Å². The summed E-state index contributed by atoms with van der Waals surface area (Å²) >= 11 is 0. The van der Waals surface area contributed by atoms with E-state index in [-0.39, 0.29) is 17.1 Å². The molecule has 6 nitrogen and oxygen atoms in total. The van der Waals surface area contributed by atoms with Crippen molar-refractivity contribution in [1.29, 1.82) is 0 Å². The molecule has 0 fully saturated rings. The number of fused-ring (bicyclic) bond motifs is 1. The van der Waals surface area contributed by atoms with Gasteiger partial charge in [0, 0.05) is 12.8 Å². The minimum absolute atomic E-state index is 0.110. The van der Waals surface area contributed by atoms with Crippen molar-refractivity contribution in [3.05, 3.63) is 17.2 Å². The molecule has 1 unspecified atom stereocenters. The predicted molar refractivity (Wildman–Crippen MR) is 79.7 cm³/mol. The Hall–Kier alpha value is -1.95. The molecule has 0 spiro atoms. The normalized spacial score (nSPS) is 18.4. The van der Waals surface area contributed by atoms with Gasteiger partial charge in [-0.1, -0.05) is 13.3 Å². The van der Waals surface area contributed by atoms with Gasteiger partial charge in [-0.05, 0) is 18.1 Å². The molecule has 1 aromatic rings. The molecular weight excluding hydrogens is 288 g/mol. The summed E-state index contributed by atoms with van der Waals surface area (Å²) in [5.74, 6) is -0.396. The van der Waals surface area contributed by atoms with E-state index in [1.165, 1.54) is 14.2 Å². The minimum atomic E-state index is -0.603. The van der Waals surface area contributed by atoms with Gasteiger partial charge in [0.2, 0.25) is 5.75 Å². The summed E-state index contributed by atoms with van der Waals surface area (Å²) in [7, 11) is 2.86. The van der Waals surface area contributed by atoms with Crippen LogP contribution in [0.1, 0.15) is 42.1 Å². The molecule has 0 radical (unpaired) electrons. The Kier molecular flexibility index (Phi) is 5.13. The van der Waals surface area contributed by atoms with Gasteiger partial charge in [0.1, 0.15) is 11.7 Å². The molecular formula is C16H22O6. The lowest BCUT2D eigenvalue weighted by molar-refractivity contribution is 0.00871. The topological polar surface area (TPSA) is 85.2 Å². The number of cyclic esters (lactones) is 1. The van der Waals surface area contributed by atoms with E-state index in [9.17, 15) is 15.0 Å². The predicted octanol–water partition coefficient (Wildman–Crippen LogP) is 2.04. The molecule has 1 aliphatic heterocycles. The smallest absolute Gasteiger partial charge is 0.342 e. The van der Waals surface area contributed by atoms with Crippen LogP contribution < -0.4 is 9.47 Å². The summed E-state index contributed by atoms with van der Waals surface area (Å²) in [6.07, 6.45) is 1.43. The third-order valence-electron chi connectivity index (χ3n) is 3.81. The molecule has 2 atom stereocenters. The van der Waals surface area contributed by atoms with Crippen molar-refractivity contribution in [2.45, 2.75) is 44.8 Å². The average Bonchev–Trinajstić information content (AvgIpc) is 2.46. The maximum atomic E-state index is 12.2. The highest BCUT2D eigenvalue weighted by molar-refractivity contribution is 5.96. The molecule has 0 amide bonds. The van der Waals surface area contributed by atoms with Crippen molar-refractivity contribution < 1.29 is 29.2 Å². The Morgan fingerprint density at radius 2 is 2.14 bits per heavy atom. The van der Waals surface area contributed by atoms with Crippen LogP contribution in [0.4, 0.5) is 0 Å². The SMILES string of the molecule is CCC[C@H](O)CC1Cc2cc(OC)c(OC)c(O)c2C(=O)O1. The van der Waals surface area contributed by atoms with E-state index in [2.05, 4.69) is 0 Å². The first-order chi connectivity index (χ1) is 10.5. The Morgan fingerprint density at radius 1 is 1.41 bits per heavy atom. The number of rotatable bonds is 6. The summed E-state index contributed by atoms with van der Waals surface area (Å²) in [5, 5.41) is 20.1. The van der Waals surface area contributed by atoms with Crippen molar-refractivity contribution in [2.24, 2.45) is 0 Å². The first kappa shape index (κ1) is 16.4. The molecule has 0 bridgehead atoms. The van der Waals surface area contributed by atoms with Gasteiger partial charge in [-0.3, -0.25) is 0 Å². The van der Waals surface area contributed by atoms with E-state index in [1.54, 1.807) is 6.07 Å². The van der Waals surface area contributed by atoms with Crippen LogP contribution in [0.2, 0.25) is 0 Å². The zero-order chi connectivity index (χ0) is 16.3. The molecule has 22 heavy (non-hydrogen) atoms. The zero-order valence-electron chi connectivity index (χ0n) is 13.1. The van der Waals surface area contributed by atoms with Gasteiger partial charge in [-0.2, -0.15) is 0 Å². The number of hydrogen-bond donors (Lipinski definition) is 2. The molecule has 1 aliphatic rings. The van der Waals surface area contributed by atoms with Crippen molar-refractivity contribution >= 4 is 5.97 Å². The Balaban J connectivity index is 2.30. The van der Waals surface area contributed by atoms with Crippen LogP contribution >= 0.6 is 0 Å². The lowest BCUT2D eigenvalue weighted by Crippen LogP contribution is -2.31. The monoisotopic (exact) mass is 310 g/mol. The summed E-state index contributed by atoms with van der Waals surface area (Å²) in [6, 6.07) is 1.67. The average molecular weight is 310 g/mol. The van der Waals surface area contributed by atoms with Crippen LogP contribution in [-0.2, 0) is 11.2 Å². The number of benzene rings is 1. The quantitative estimate of drug-likeness (QED) is 0.782. The molecule has 0 aliphatic carbocycles. The van der Waals surface area contributed by atoms with Crippen LogP contribution in [0.3, 0.4) is 0 Å². The van der Waals surface area contributed by atoms with Gasteiger partial charge in [0.15, 0.2) is 11.5 Å².